The second kappa shape index (κ2) is 8.52. The molecule has 0 saturated heterocycles. The third-order valence-corrected chi connectivity index (χ3v) is 4.87. The highest BCUT2D eigenvalue weighted by atomic mass is 35.5. The Morgan fingerprint density at radius 1 is 1.24 bits per heavy atom. The van der Waals surface area contributed by atoms with Crippen LogP contribution in [-0.4, -0.2) is 21.4 Å². The van der Waals surface area contributed by atoms with E-state index in [0.717, 1.165) is 42.3 Å². The molecule has 136 valence electrons. The Kier molecular flexibility index (Phi) is 6.65. The summed E-state index contributed by atoms with van der Waals surface area (Å²) in [6.07, 6.45) is 4.34. The maximum Gasteiger partial charge on any atom is 0.303 e. The van der Waals surface area contributed by atoms with Gasteiger partial charge in [-0.2, -0.15) is 0 Å². The van der Waals surface area contributed by atoms with Gasteiger partial charge in [0.1, 0.15) is 0 Å². The van der Waals surface area contributed by atoms with Crippen LogP contribution in [0.5, 0.6) is 0 Å². The number of nitrogens with zero attached hydrogens (tertiary/aromatic N) is 1. The number of hydrogen-bond donors (Lipinski definition) is 1. The standard InChI is InChI=1S/C20H26ClNO3/c1-4-5-6-7-17-20(18(23)10-13(2)11-19(24)25)15-12-14(21)8-9-16(15)22(17)3/h8-9,12-13H,4-7,10-11H2,1-3H3,(H,24,25). The zero-order chi connectivity index (χ0) is 18.6. The van der Waals surface area contributed by atoms with Crippen LogP contribution in [0.15, 0.2) is 18.2 Å². The summed E-state index contributed by atoms with van der Waals surface area (Å²) in [5.74, 6) is -1.06. The molecule has 1 heterocycles. The number of benzene rings is 1. The molecule has 25 heavy (non-hydrogen) atoms. The second-order valence-electron chi connectivity index (χ2n) is 6.83. The third-order valence-electron chi connectivity index (χ3n) is 4.64. The predicted molar refractivity (Wildman–Crippen MR) is 102 cm³/mol. The number of fused-ring (bicyclic) bond motifs is 1. The Balaban J connectivity index is 2.43. The van der Waals surface area contributed by atoms with Crippen LogP contribution >= 0.6 is 11.6 Å². The van der Waals surface area contributed by atoms with Crippen LogP contribution in [0, 0.1) is 5.92 Å². The Morgan fingerprint density at radius 2 is 1.96 bits per heavy atom. The van der Waals surface area contributed by atoms with Gasteiger partial charge in [0, 0.05) is 47.1 Å². The molecule has 0 aliphatic rings. The monoisotopic (exact) mass is 363 g/mol. The molecular formula is C20H26ClNO3. The van der Waals surface area contributed by atoms with Crippen LogP contribution in [0.25, 0.3) is 10.9 Å². The van der Waals surface area contributed by atoms with E-state index in [-0.39, 0.29) is 24.5 Å². The lowest BCUT2D eigenvalue weighted by atomic mass is 9.94. The molecule has 2 rings (SSSR count). The summed E-state index contributed by atoms with van der Waals surface area (Å²) >= 11 is 6.16. The van der Waals surface area contributed by atoms with Crippen molar-refractivity contribution in [1.82, 2.24) is 4.57 Å². The highest BCUT2D eigenvalue weighted by Gasteiger charge is 2.23. The fraction of sp³-hybridized carbons (Fsp3) is 0.500. The van der Waals surface area contributed by atoms with Crippen molar-refractivity contribution in [2.24, 2.45) is 13.0 Å². The number of aromatic nitrogens is 1. The number of Topliss-reactive ketones (excluding diaryl/α,β-unsaturated/α-hetero) is 1. The van der Waals surface area contributed by atoms with E-state index in [4.69, 9.17) is 16.7 Å². The van der Waals surface area contributed by atoms with Crippen molar-refractivity contribution in [3.8, 4) is 0 Å². The molecule has 0 bridgehead atoms. The fourth-order valence-electron chi connectivity index (χ4n) is 3.40. The number of ketones is 1. The van der Waals surface area contributed by atoms with Gasteiger partial charge in [-0.25, -0.2) is 0 Å². The molecule has 1 aromatic carbocycles. The Morgan fingerprint density at radius 3 is 2.60 bits per heavy atom. The highest BCUT2D eigenvalue weighted by Crippen LogP contribution is 2.31. The highest BCUT2D eigenvalue weighted by molar-refractivity contribution is 6.31. The van der Waals surface area contributed by atoms with Crippen molar-refractivity contribution in [3.05, 3.63) is 34.5 Å². The van der Waals surface area contributed by atoms with E-state index in [1.54, 1.807) is 6.92 Å². The van der Waals surface area contributed by atoms with E-state index in [1.807, 2.05) is 25.2 Å². The summed E-state index contributed by atoms with van der Waals surface area (Å²) in [6, 6.07) is 5.62. The summed E-state index contributed by atoms with van der Waals surface area (Å²) in [5, 5.41) is 10.4. The molecule has 0 fully saturated rings. The predicted octanol–water partition coefficient (Wildman–Crippen LogP) is 5.25. The van der Waals surface area contributed by atoms with E-state index >= 15 is 0 Å². The van der Waals surface area contributed by atoms with E-state index in [0.29, 0.717) is 10.6 Å². The van der Waals surface area contributed by atoms with Gasteiger partial charge in [-0.05, 0) is 37.0 Å². The summed E-state index contributed by atoms with van der Waals surface area (Å²) in [5.41, 5.74) is 2.73. The van der Waals surface area contributed by atoms with E-state index in [2.05, 4.69) is 11.5 Å². The molecule has 0 aliphatic carbocycles. The summed E-state index contributed by atoms with van der Waals surface area (Å²) in [7, 11) is 1.98. The zero-order valence-electron chi connectivity index (χ0n) is 15.1. The van der Waals surface area contributed by atoms with Crippen molar-refractivity contribution < 1.29 is 14.7 Å². The largest absolute Gasteiger partial charge is 0.481 e. The Bertz CT molecular complexity index is 779. The third kappa shape index (κ3) is 4.63. The molecule has 0 saturated carbocycles. The molecule has 0 spiro atoms. The van der Waals surface area contributed by atoms with Crippen molar-refractivity contribution in [1.29, 1.82) is 0 Å². The quantitative estimate of drug-likeness (QED) is 0.489. The number of carboxylic acids is 1. The van der Waals surface area contributed by atoms with Crippen LogP contribution in [-0.2, 0) is 18.3 Å². The van der Waals surface area contributed by atoms with Gasteiger partial charge in [0.25, 0.3) is 0 Å². The van der Waals surface area contributed by atoms with E-state index in [1.165, 1.54) is 0 Å². The van der Waals surface area contributed by atoms with Gasteiger partial charge in [0.15, 0.2) is 5.78 Å². The number of halogens is 1. The average molecular weight is 364 g/mol. The molecule has 1 N–H and O–H groups in total. The Hall–Kier alpha value is -1.81. The SMILES string of the molecule is CCCCCc1c(C(=O)CC(C)CC(=O)O)c2cc(Cl)ccc2n1C. The van der Waals surface area contributed by atoms with Crippen LogP contribution in [0.3, 0.4) is 0 Å². The minimum atomic E-state index is -0.871. The van der Waals surface area contributed by atoms with Crippen LogP contribution in [0.4, 0.5) is 0 Å². The Labute approximate surface area is 153 Å². The first-order valence-electron chi connectivity index (χ1n) is 8.86. The number of carbonyl (C=O) groups excluding carboxylic acids is 1. The second-order valence-corrected chi connectivity index (χ2v) is 7.27. The fourth-order valence-corrected chi connectivity index (χ4v) is 3.58. The molecular weight excluding hydrogens is 338 g/mol. The van der Waals surface area contributed by atoms with E-state index in [9.17, 15) is 9.59 Å². The van der Waals surface area contributed by atoms with Gasteiger partial charge < -0.3 is 9.67 Å². The molecule has 1 atom stereocenters. The maximum absolute atomic E-state index is 13.0. The van der Waals surface area contributed by atoms with Crippen LogP contribution in [0.2, 0.25) is 5.02 Å². The average Bonchev–Trinajstić information content (AvgIpc) is 2.78. The molecule has 1 unspecified atom stereocenters. The lowest BCUT2D eigenvalue weighted by Crippen LogP contribution is -2.12. The number of carbonyl (C=O) groups is 2. The van der Waals surface area contributed by atoms with Crippen molar-refractivity contribution in [2.45, 2.75) is 52.4 Å². The van der Waals surface area contributed by atoms with Gasteiger partial charge in [0.05, 0.1) is 0 Å². The number of carboxylic acid groups (broad SMARTS) is 1. The van der Waals surface area contributed by atoms with Crippen molar-refractivity contribution in [3.63, 3.8) is 0 Å². The number of rotatable bonds is 9. The van der Waals surface area contributed by atoms with Gasteiger partial charge in [-0.3, -0.25) is 9.59 Å². The van der Waals surface area contributed by atoms with Gasteiger partial charge in [-0.15, -0.1) is 0 Å². The number of unbranched alkanes of at least 4 members (excludes halogenated alkanes) is 2. The molecule has 4 nitrogen and oxygen atoms in total. The first-order valence-corrected chi connectivity index (χ1v) is 9.24. The molecule has 2 aromatic rings. The van der Waals surface area contributed by atoms with Crippen LogP contribution < -0.4 is 0 Å². The minimum absolute atomic E-state index is 0.00241. The topological polar surface area (TPSA) is 59.3 Å². The normalized spacial score (nSPS) is 12.5. The summed E-state index contributed by atoms with van der Waals surface area (Å²) < 4.78 is 2.08. The lowest BCUT2D eigenvalue weighted by Gasteiger charge is -2.10. The summed E-state index contributed by atoms with van der Waals surface area (Å²) in [4.78, 5) is 23.9. The molecule has 1 aromatic heterocycles. The van der Waals surface area contributed by atoms with Crippen molar-refractivity contribution in [2.75, 3.05) is 0 Å². The zero-order valence-corrected chi connectivity index (χ0v) is 15.9. The van der Waals surface area contributed by atoms with Gasteiger partial charge in [-0.1, -0.05) is 38.3 Å². The summed E-state index contributed by atoms with van der Waals surface area (Å²) in [6.45, 7) is 3.96. The molecule has 0 aliphatic heterocycles. The van der Waals surface area contributed by atoms with Crippen molar-refractivity contribution >= 4 is 34.3 Å². The molecule has 0 radical (unpaired) electrons. The van der Waals surface area contributed by atoms with Gasteiger partial charge in [0.2, 0.25) is 0 Å². The molecule has 0 amide bonds. The maximum atomic E-state index is 13.0. The van der Waals surface area contributed by atoms with Crippen LogP contribution in [0.1, 0.15) is 62.0 Å². The van der Waals surface area contributed by atoms with E-state index < -0.39 is 5.97 Å². The smallest absolute Gasteiger partial charge is 0.303 e. The number of aliphatic carboxylic acids is 1. The minimum Gasteiger partial charge on any atom is -0.481 e. The number of hydrogen-bond acceptors (Lipinski definition) is 2. The first-order chi connectivity index (χ1) is 11.8. The van der Waals surface area contributed by atoms with Gasteiger partial charge >= 0.3 is 5.97 Å². The molecule has 5 heteroatoms. The first kappa shape index (κ1) is 19.5. The number of aryl methyl sites for hydroxylation is 1. The lowest BCUT2D eigenvalue weighted by molar-refractivity contribution is -0.137.